The number of aliphatic hydroxyl groups is 1. The second-order valence-corrected chi connectivity index (χ2v) is 17.5. The number of benzene rings is 2. The molecule has 3 heterocycles. The van der Waals surface area contributed by atoms with Crippen molar-refractivity contribution in [3.05, 3.63) is 70.2 Å². The summed E-state index contributed by atoms with van der Waals surface area (Å²) in [6.07, 6.45) is 3.18. The Kier molecular flexibility index (Phi) is 18.8. The summed E-state index contributed by atoms with van der Waals surface area (Å²) in [5, 5.41) is 30.4. The van der Waals surface area contributed by atoms with E-state index in [1.807, 2.05) is 0 Å². The zero-order chi connectivity index (χ0) is 47.9. The number of carbonyl (C=O) groups is 8. The van der Waals surface area contributed by atoms with Gasteiger partial charge in [0.25, 0.3) is 0 Å². The maximum atomic E-state index is 13.9. The van der Waals surface area contributed by atoms with Gasteiger partial charge in [-0.1, -0.05) is 58.4 Å². The summed E-state index contributed by atoms with van der Waals surface area (Å²) in [6.45, 7) is -0.407. The number of nitrogens with two attached hydrogens (primary N) is 3. The number of aliphatic imine (C=N–C) groups is 1. The van der Waals surface area contributed by atoms with Gasteiger partial charge in [-0.25, -0.2) is 4.79 Å². The Morgan fingerprint density at radius 2 is 1.29 bits per heavy atom. The SMILES string of the molecule is NC(N)=NCCC[C@H](N)C(=O)N1CCC[C@H]1C(=O)N1CCC[C@H]1C(=O)NCC(=O)N[C@@H](Cc1ccc(Br)cc1)C(=O)N[C@@H](CO)C(=O)N1CCC[C@H]1C(=O)N[C@@H](Cc1ccccc1)C(=O)O. The van der Waals surface area contributed by atoms with Crippen LogP contribution >= 0.6 is 15.9 Å². The van der Waals surface area contributed by atoms with Gasteiger partial charge in [-0.15, -0.1) is 0 Å². The number of aliphatic hydroxyl groups excluding tert-OH is 1. The fourth-order valence-electron chi connectivity index (χ4n) is 8.51. The van der Waals surface area contributed by atoms with E-state index in [1.54, 1.807) is 54.6 Å². The topological polar surface area (TPSA) is 325 Å². The number of hydrogen-bond acceptors (Lipinski definition) is 11. The van der Waals surface area contributed by atoms with E-state index in [-0.39, 0.29) is 50.1 Å². The van der Waals surface area contributed by atoms with E-state index in [1.165, 1.54) is 14.7 Å². The number of likely N-dealkylation sites (tertiary alicyclic amines) is 3. The first-order chi connectivity index (χ1) is 31.6. The van der Waals surface area contributed by atoms with Crippen LogP contribution in [0.5, 0.6) is 0 Å². The van der Waals surface area contributed by atoms with Gasteiger partial charge < -0.3 is 63.4 Å². The minimum Gasteiger partial charge on any atom is -0.480 e. The monoisotopic (exact) mass is 981 g/mol. The van der Waals surface area contributed by atoms with Crippen molar-refractivity contribution in [2.75, 3.05) is 39.3 Å². The molecule has 7 atom stereocenters. The van der Waals surface area contributed by atoms with Crippen molar-refractivity contribution in [1.29, 1.82) is 0 Å². The van der Waals surface area contributed by atoms with E-state index < -0.39 is 90.9 Å². The van der Waals surface area contributed by atoms with Crippen LogP contribution < -0.4 is 38.5 Å². The number of halogens is 1. The lowest BCUT2D eigenvalue weighted by Gasteiger charge is -2.32. The summed E-state index contributed by atoms with van der Waals surface area (Å²) in [7, 11) is 0. The van der Waals surface area contributed by atoms with Crippen LogP contribution in [0.2, 0.25) is 0 Å². The van der Waals surface area contributed by atoms with Gasteiger partial charge in [0.05, 0.1) is 19.2 Å². The minimum absolute atomic E-state index is 0.00979. The predicted octanol–water partition coefficient (Wildman–Crippen LogP) is -1.76. The molecule has 3 aliphatic rings. The van der Waals surface area contributed by atoms with Crippen LogP contribution in [0, 0.1) is 0 Å². The highest BCUT2D eigenvalue weighted by molar-refractivity contribution is 9.10. The van der Waals surface area contributed by atoms with Crippen LogP contribution in [-0.2, 0) is 51.2 Å². The molecule has 2 aromatic carbocycles. The van der Waals surface area contributed by atoms with Crippen LogP contribution in [0.15, 0.2) is 64.1 Å². The zero-order valence-electron chi connectivity index (χ0n) is 36.6. The first-order valence-corrected chi connectivity index (χ1v) is 22.9. The van der Waals surface area contributed by atoms with Gasteiger partial charge in [-0.2, -0.15) is 0 Å². The average molecular weight is 983 g/mol. The van der Waals surface area contributed by atoms with Crippen molar-refractivity contribution in [3.63, 3.8) is 0 Å². The lowest BCUT2D eigenvalue weighted by atomic mass is 10.0. The minimum atomic E-state index is -1.53. The molecule has 21 nitrogen and oxygen atoms in total. The molecule has 66 heavy (non-hydrogen) atoms. The quantitative estimate of drug-likeness (QED) is 0.0381. The molecule has 12 N–H and O–H groups in total. The molecule has 3 saturated heterocycles. The number of hydrogen-bond donors (Lipinski definition) is 9. The van der Waals surface area contributed by atoms with Crippen LogP contribution in [0.25, 0.3) is 0 Å². The number of carboxylic acids is 1. The van der Waals surface area contributed by atoms with Crippen LogP contribution in [-0.4, -0.2) is 160 Å². The number of carbonyl (C=O) groups excluding carboxylic acids is 7. The largest absolute Gasteiger partial charge is 0.480 e. The van der Waals surface area contributed by atoms with E-state index in [0.29, 0.717) is 69.2 Å². The summed E-state index contributed by atoms with van der Waals surface area (Å²) >= 11 is 3.37. The van der Waals surface area contributed by atoms with Gasteiger partial charge in [0, 0.05) is 43.5 Å². The number of nitrogens with one attached hydrogen (secondary N) is 4. The summed E-state index contributed by atoms with van der Waals surface area (Å²) in [5.41, 5.74) is 18.2. The first-order valence-electron chi connectivity index (χ1n) is 22.1. The number of nitrogens with zero attached hydrogens (tertiary/aromatic N) is 4. The summed E-state index contributed by atoms with van der Waals surface area (Å²) in [6, 6.07) is 7.90. The van der Waals surface area contributed by atoms with Crippen LogP contribution in [0.1, 0.15) is 62.5 Å². The van der Waals surface area contributed by atoms with Gasteiger partial charge in [-0.05, 0) is 74.6 Å². The second kappa shape index (κ2) is 24.4. The Labute approximate surface area is 390 Å². The molecule has 358 valence electrons. The van der Waals surface area contributed by atoms with Crippen molar-refractivity contribution in [1.82, 2.24) is 36.0 Å². The number of guanidine groups is 1. The molecule has 0 radical (unpaired) electrons. The van der Waals surface area contributed by atoms with Crippen LogP contribution in [0.3, 0.4) is 0 Å². The molecule has 0 saturated carbocycles. The first kappa shape index (κ1) is 50.9. The van der Waals surface area contributed by atoms with Gasteiger partial charge in [0.1, 0.15) is 36.3 Å². The number of carboxylic acid groups (broad SMARTS) is 1. The fraction of sp³-hybridized carbons (Fsp3) is 0.523. The van der Waals surface area contributed by atoms with Crippen LogP contribution in [0.4, 0.5) is 0 Å². The Morgan fingerprint density at radius 3 is 1.91 bits per heavy atom. The molecule has 2 aromatic rings. The van der Waals surface area contributed by atoms with Crippen molar-refractivity contribution >= 4 is 69.2 Å². The summed E-state index contributed by atoms with van der Waals surface area (Å²) in [5.74, 6) is -5.74. The molecule has 0 unspecified atom stereocenters. The highest BCUT2D eigenvalue weighted by Gasteiger charge is 2.43. The fourth-order valence-corrected chi connectivity index (χ4v) is 8.78. The highest BCUT2D eigenvalue weighted by Crippen LogP contribution is 2.26. The second-order valence-electron chi connectivity index (χ2n) is 16.6. The lowest BCUT2D eigenvalue weighted by molar-refractivity contribution is -0.147. The molecule has 3 fully saturated rings. The number of amides is 7. The van der Waals surface area contributed by atoms with E-state index in [2.05, 4.69) is 42.2 Å². The Morgan fingerprint density at radius 1 is 0.712 bits per heavy atom. The number of rotatable bonds is 21. The third-order valence-electron chi connectivity index (χ3n) is 11.9. The molecule has 5 rings (SSSR count). The Bertz CT molecular complexity index is 2090. The third-order valence-corrected chi connectivity index (χ3v) is 12.4. The molecule has 3 aliphatic heterocycles. The third kappa shape index (κ3) is 13.9. The maximum Gasteiger partial charge on any atom is 0.326 e. The Hall–Kier alpha value is -6.13. The standard InChI is InChI=1S/C44H60BrN11O10/c45-28-16-14-27(15-17-28)22-30(37(59)53-32(25-57)41(63)54-19-6-12-34(54)39(61)52-31(43(65)66)23-26-8-2-1-3-9-26)51-36(58)24-50-38(60)33-11-5-20-55(33)42(64)35-13-7-21-56(35)40(62)29(46)10-4-18-49-44(47)48/h1-3,8-9,14-17,29-35,57H,4-7,10-13,18-25,46H2,(H,50,60)(H,51,58)(H,52,61)(H,53,59)(H,65,66)(H4,47,48,49)/t29-,30-,31-,32-,33-,34-,35-/m0/s1. The zero-order valence-corrected chi connectivity index (χ0v) is 38.2. The van der Waals surface area contributed by atoms with E-state index in [0.717, 1.165) is 4.47 Å². The molecule has 22 heteroatoms. The lowest BCUT2D eigenvalue weighted by Crippen LogP contribution is -2.59. The molecule has 0 bridgehead atoms. The summed E-state index contributed by atoms with van der Waals surface area (Å²) < 4.78 is 0.759. The highest BCUT2D eigenvalue weighted by atomic mass is 79.9. The van der Waals surface area contributed by atoms with Crippen molar-refractivity contribution in [2.45, 2.75) is 107 Å². The van der Waals surface area contributed by atoms with Gasteiger partial charge >= 0.3 is 5.97 Å². The maximum absolute atomic E-state index is 13.9. The number of aliphatic carboxylic acids is 1. The molecule has 0 spiro atoms. The molecule has 0 aliphatic carbocycles. The molecule has 7 amide bonds. The van der Waals surface area contributed by atoms with Crippen molar-refractivity contribution < 1.29 is 48.6 Å². The smallest absolute Gasteiger partial charge is 0.326 e. The van der Waals surface area contributed by atoms with Crippen molar-refractivity contribution in [2.24, 2.45) is 22.2 Å². The summed E-state index contributed by atoms with van der Waals surface area (Å²) in [4.78, 5) is 115. The Balaban J connectivity index is 1.19. The average Bonchev–Trinajstić information content (AvgIpc) is 4.11. The van der Waals surface area contributed by atoms with Gasteiger partial charge in [-0.3, -0.25) is 38.6 Å². The molecular weight excluding hydrogens is 922 g/mol. The normalized spacial score (nSPS) is 19.8. The van der Waals surface area contributed by atoms with Crippen molar-refractivity contribution in [3.8, 4) is 0 Å². The van der Waals surface area contributed by atoms with Gasteiger partial charge in [0.2, 0.25) is 41.4 Å². The van der Waals surface area contributed by atoms with Gasteiger partial charge in [0.15, 0.2) is 5.96 Å². The predicted molar refractivity (Wildman–Crippen MR) is 244 cm³/mol. The van der Waals surface area contributed by atoms with E-state index >= 15 is 0 Å². The van der Waals surface area contributed by atoms with E-state index in [4.69, 9.17) is 17.2 Å². The molecule has 0 aromatic heterocycles. The molecular formula is C44H60BrN11O10. The van der Waals surface area contributed by atoms with E-state index in [9.17, 15) is 48.6 Å².